The molecular formula is C18H16F3N5O3S2. The molecule has 0 spiro atoms. The molecule has 0 amide bonds. The van der Waals surface area contributed by atoms with Gasteiger partial charge in [0, 0.05) is 11.9 Å². The lowest BCUT2D eigenvalue weighted by Crippen LogP contribution is -2.16. The highest BCUT2D eigenvalue weighted by Gasteiger charge is 2.35. The molecule has 0 aliphatic carbocycles. The Hall–Kier alpha value is -3.03. The van der Waals surface area contributed by atoms with E-state index in [0.29, 0.717) is 0 Å². The maximum Gasteiger partial charge on any atom is 0.418 e. The summed E-state index contributed by atoms with van der Waals surface area (Å²) in [5.74, 6) is -0.509. The lowest BCUT2D eigenvalue weighted by molar-refractivity contribution is -0.136. The molecule has 2 aromatic carbocycles. The number of sulfonamides is 1. The molecule has 0 aliphatic rings. The second-order valence-corrected chi connectivity index (χ2v) is 8.20. The molecule has 1 heterocycles. The first-order valence-corrected chi connectivity index (χ1v) is 10.7. The van der Waals surface area contributed by atoms with E-state index in [9.17, 15) is 26.7 Å². The molecule has 0 bridgehead atoms. The Kier molecular flexibility index (Phi) is 6.02. The van der Waals surface area contributed by atoms with Crippen LogP contribution in [0.5, 0.6) is 5.88 Å². The second-order valence-electron chi connectivity index (χ2n) is 6.29. The number of nitrogens with zero attached hydrogens (tertiary/aromatic N) is 3. The zero-order valence-corrected chi connectivity index (χ0v) is 17.5. The van der Waals surface area contributed by atoms with Crippen LogP contribution in [0.15, 0.2) is 57.6 Å². The smallest absolute Gasteiger partial charge is 0.418 e. The molecule has 4 N–H and O–H groups in total. The van der Waals surface area contributed by atoms with Gasteiger partial charge in [-0.2, -0.15) is 13.2 Å². The van der Waals surface area contributed by atoms with Crippen molar-refractivity contribution >= 4 is 49.6 Å². The number of para-hydroxylation sites is 2. The summed E-state index contributed by atoms with van der Waals surface area (Å²) < 4.78 is 64.7. The molecule has 0 fully saturated rings. The zero-order valence-electron chi connectivity index (χ0n) is 15.9. The first-order valence-electron chi connectivity index (χ1n) is 8.71. The number of hydrogen-bond donors (Lipinski definition) is 3. The van der Waals surface area contributed by atoms with Gasteiger partial charge in [-0.3, -0.25) is 0 Å². The van der Waals surface area contributed by atoms with E-state index in [1.165, 1.54) is 36.4 Å². The molecule has 31 heavy (non-hydrogen) atoms. The molecule has 13 heteroatoms. The maximum atomic E-state index is 13.4. The number of fused-ring (bicyclic) bond motifs is 1. The summed E-state index contributed by atoms with van der Waals surface area (Å²) in [6.45, 7) is 1.62. The first-order chi connectivity index (χ1) is 14.4. The van der Waals surface area contributed by atoms with Crippen LogP contribution >= 0.6 is 12.2 Å². The number of hydrogen-bond acceptors (Lipinski definition) is 5. The number of halogens is 3. The number of aryl methyl sites for hydroxylation is 1. The number of aromatic hydroxyl groups is 1. The number of aromatic nitrogens is 1. The Morgan fingerprint density at radius 3 is 2.52 bits per heavy atom. The standard InChI is InChI=1S/C18H16F3N5O3S2/c1-2-26-15-10(6-5-7-11(15)18(19,20)21)14(16(26)27)24-25-17(30)23-12-8-3-4-9-13(12)31(22,28)29/h3-9,27H,2H2,1H3,(H,23,30)(H2,22,28,29). The fourth-order valence-corrected chi connectivity index (χ4v) is 3.91. The summed E-state index contributed by atoms with van der Waals surface area (Å²) in [5.41, 5.74) is -1.31. The van der Waals surface area contributed by atoms with E-state index in [4.69, 9.17) is 17.4 Å². The van der Waals surface area contributed by atoms with Gasteiger partial charge in [0.1, 0.15) is 4.90 Å². The van der Waals surface area contributed by atoms with E-state index in [1.54, 1.807) is 6.92 Å². The van der Waals surface area contributed by atoms with Gasteiger partial charge in [-0.05, 0) is 37.3 Å². The highest BCUT2D eigenvalue weighted by atomic mass is 32.2. The molecule has 0 radical (unpaired) electrons. The molecule has 0 saturated carbocycles. The Morgan fingerprint density at radius 1 is 1.23 bits per heavy atom. The minimum atomic E-state index is -4.64. The molecule has 1 aromatic heterocycles. The highest BCUT2D eigenvalue weighted by Crippen LogP contribution is 2.44. The third-order valence-corrected chi connectivity index (χ3v) is 5.48. The minimum absolute atomic E-state index is 0.0330. The van der Waals surface area contributed by atoms with Crippen LogP contribution < -0.4 is 10.5 Å². The molecule has 0 aliphatic heterocycles. The molecule has 0 atom stereocenters. The highest BCUT2D eigenvalue weighted by molar-refractivity contribution is 7.89. The van der Waals surface area contributed by atoms with E-state index in [0.717, 1.165) is 10.6 Å². The van der Waals surface area contributed by atoms with Gasteiger partial charge >= 0.3 is 6.18 Å². The number of alkyl halides is 3. The van der Waals surface area contributed by atoms with Crippen molar-refractivity contribution < 1.29 is 26.7 Å². The summed E-state index contributed by atoms with van der Waals surface area (Å²) >= 11 is 5.03. The van der Waals surface area contributed by atoms with Crippen LogP contribution in [-0.4, -0.2) is 23.2 Å². The normalized spacial score (nSPS) is 12.5. The van der Waals surface area contributed by atoms with Crippen molar-refractivity contribution in [2.45, 2.75) is 24.5 Å². The van der Waals surface area contributed by atoms with Crippen molar-refractivity contribution in [2.24, 2.45) is 15.4 Å². The Morgan fingerprint density at radius 2 is 1.90 bits per heavy atom. The minimum Gasteiger partial charge on any atom is -0.493 e. The van der Waals surface area contributed by atoms with Gasteiger partial charge in [-0.1, -0.05) is 24.3 Å². The van der Waals surface area contributed by atoms with Crippen LogP contribution in [0.25, 0.3) is 10.9 Å². The van der Waals surface area contributed by atoms with Gasteiger partial charge in [0.25, 0.3) is 0 Å². The average molecular weight is 471 g/mol. The third kappa shape index (κ3) is 4.52. The van der Waals surface area contributed by atoms with E-state index in [1.807, 2.05) is 0 Å². The lowest BCUT2D eigenvalue weighted by atomic mass is 10.1. The van der Waals surface area contributed by atoms with E-state index in [-0.39, 0.29) is 38.8 Å². The van der Waals surface area contributed by atoms with Gasteiger partial charge in [0.05, 0.1) is 16.8 Å². The van der Waals surface area contributed by atoms with E-state index >= 15 is 0 Å². The molecular weight excluding hydrogens is 455 g/mol. The van der Waals surface area contributed by atoms with Gasteiger partial charge in [-0.25, -0.2) is 13.6 Å². The van der Waals surface area contributed by atoms with Gasteiger partial charge in [0.15, 0.2) is 5.69 Å². The molecule has 164 valence electrons. The quantitative estimate of drug-likeness (QED) is 0.382. The summed E-state index contributed by atoms with van der Waals surface area (Å²) in [6, 6.07) is 9.14. The zero-order chi connectivity index (χ0) is 23.0. The van der Waals surface area contributed by atoms with Crippen molar-refractivity contribution in [1.29, 1.82) is 0 Å². The monoisotopic (exact) mass is 471 g/mol. The fraction of sp³-hybridized carbons (Fsp3) is 0.167. The Bertz CT molecular complexity index is 1300. The Labute approximate surface area is 180 Å². The van der Waals surface area contributed by atoms with Crippen LogP contribution in [0.2, 0.25) is 0 Å². The predicted octanol–water partition coefficient (Wildman–Crippen LogP) is 4.51. The van der Waals surface area contributed by atoms with Crippen LogP contribution in [0.3, 0.4) is 0 Å². The predicted molar refractivity (Wildman–Crippen MR) is 113 cm³/mol. The Balaban J connectivity index is 2.02. The topological polar surface area (TPSA) is 122 Å². The number of nitrogens with two attached hydrogens (primary N) is 1. The number of benzene rings is 2. The number of thiocarbonyl (C=S) groups is 1. The van der Waals surface area contributed by atoms with Crippen molar-refractivity contribution in [3.05, 3.63) is 48.0 Å². The van der Waals surface area contributed by atoms with E-state index < -0.39 is 27.6 Å². The van der Waals surface area contributed by atoms with Crippen LogP contribution in [0.1, 0.15) is 12.5 Å². The second kappa shape index (κ2) is 8.24. The fourth-order valence-electron chi connectivity index (χ4n) is 3.07. The number of anilines is 1. The molecule has 8 nitrogen and oxygen atoms in total. The average Bonchev–Trinajstić information content (AvgIpc) is 2.95. The third-order valence-electron chi connectivity index (χ3n) is 4.33. The summed E-state index contributed by atoms with van der Waals surface area (Å²) in [7, 11) is -4.04. The number of azo groups is 1. The van der Waals surface area contributed by atoms with E-state index in [2.05, 4.69) is 15.5 Å². The number of nitrogens with one attached hydrogen (secondary N) is 1. The van der Waals surface area contributed by atoms with Crippen molar-refractivity contribution in [2.75, 3.05) is 5.32 Å². The summed E-state index contributed by atoms with van der Waals surface area (Å²) in [5, 5.41) is 25.4. The van der Waals surface area contributed by atoms with Gasteiger partial charge in [0.2, 0.25) is 21.0 Å². The van der Waals surface area contributed by atoms with Crippen molar-refractivity contribution in [3.63, 3.8) is 0 Å². The molecule has 0 saturated heterocycles. The van der Waals surface area contributed by atoms with Crippen LogP contribution in [0.4, 0.5) is 24.5 Å². The SMILES string of the molecule is CCn1c(O)c(N=NC(=S)Nc2ccccc2S(N)(=O)=O)c2cccc(C(F)(F)F)c21. The summed E-state index contributed by atoms with van der Waals surface area (Å²) in [6.07, 6.45) is -4.64. The largest absolute Gasteiger partial charge is 0.493 e. The van der Waals surface area contributed by atoms with Gasteiger partial charge < -0.3 is 15.0 Å². The number of rotatable bonds is 4. The van der Waals surface area contributed by atoms with Crippen LogP contribution in [0, 0.1) is 0 Å². The number of primary sulfonamides is 1. The molecule has 3 aromatic rings. The maximum absolute atomic E-state index is 13.4. The van der Waals surface area contributed by atoms with Crippen molar-refractivity contribution in [3.8, 4) is 5.88 Å². The first kappa shape index (κ1) is 22.7. The van der Waals surface area contributed by atoms with Crippen molar-refractivity contribution in [1.82, 2.24) is 4.57 Å². The van der Waals surface area contributed by atoms with Gasteiger partial charge in [-0.15, -0.1) is 10.2 Å². The van der Waals surface area contributed by atoms with Crippen LogP contribution in [-0.2, 0) is 22.7 Å². The molecule has 3 rings (SSSR count). The summed E-state index contributed by atoms with van der Waals surface area (Å²) in [4.78, 5) is -0.229. The lowest BCUT2D eigenvalue weighted by Gasteiger charge is -2.10. The molecule has 0 unspecified atom stereocenters.